The highest BCUT2D eigenvalue weighted by molar-refractivity contribution is 5.57. The Bertz CT molecular complexity index is 687. The van der Waals surface area contributed by atoms with Gasteiger partial charge in [0.2, 0.25) is 0 Å². The van der Waals surface area contributed by atoms with Crippen molar-refractivity contribution >= 4 is 5.69 Å². The van der Waals surface area contributed by atoms with Gasteiger partial charge in [-0.1, -0.05) is 30.3 Å². The fraction of sp³-hybridized carbons (Fsp3) is 0.111. The van der Waals surface area contributed by atoms with Gasteiger partial charge in [0, 0.05) is 11.3 Å². The van der Waals surface area contributed by atoms with E-state index in [2.05, 4.69) is 5.32 Å². The first kappa shape index (κ1) is 13.3. The molecule has 0 radical (unpaired) electrons. The van der Waals surface area contributed by atoms with Crippen LogP contribution in [-0.2, 0) is 6.54 Å². The van der Waals surface area contributed by atoms with Crippen LogP contribution in [0.4, 0.5) is 5.69 Å². The number of methoxy groups -OCH3 is 1. The Morgan fingerprint density at radius 3 is 2.38 bits per heavy atom. The Morgan fingerprint density at radius 2 is 1.67 bits per heavy atom. The molecule has 1 heterocycles. The Morgan fingerprint density at radius 1 is 0.905 bits per heavy atom. The molecule has 1 N–H and O–H groups in total. The van der Waals surface area contributed by atoms with Gasteiger partial charge in [-0.15, -0.1) is 0 Å². The van der Waals surface area contributed by atoms with E-state index < -0.39 is 0 Å². The SMILES string of the molecule is COc1ccc(NCc2ccc(-c3ccccc3)o2)cc1. The summed E-state index contributed by atoms with van der Waals surface area (Å²) in [5.41, 5.74) is 2.13. The van der Waals surface area contributed by atoms with Gasteiger partial charge in [0.05, 0.1) is 13.7 Å². The lowest BCUT2D eigenvalue weighted by molar-refractivity contribution is 0.415. The predicted octanol–water partition coefficient (Wildman–Crippen LogP) is 4.57. The number of hydrogen-bond acceptors (Lipinski definition) is 3. The molecule has 0 aliphatic rings. The van der Waals surface area contributed by atoms with Crippen molar-refractivity contribution < 1.29 is 9.15 Å². The molecule has 3 heteroatoms. The average Bonchev–Trinajstić information content (AvgIpc) is 3.03. The van der Waals surface area contributed by atoms with Crippen molar-refractivity contribution in [3.05, 3.63) is 72.5 Å². The summed E-state index contributed by atoms with van der Waals surface area (Å²) in [6.07, 6.45) is 0. The molecule has 3 aromatic rings. The van der Waals surface area contributed by atoms with Crippen LogP contribution >= 0.6 is 0 Å². The fourth-order valence-corrected chi connectivity index (χ4v) is 2.13. The van der Waals surface area contributed by atoms with E-state index in [1.54, 1.807) is 7.11 Å². The molecular weight excluding hydrogens is 262 g/mol. The molecule has 0 bridgehead atoms. The molecule has 3 nitrogen and oxygen atoms in total. The highest BCUT2D eigenvalue weighted by Crippen LogP contribution is 2.22. The van der Waals surface area contributed by atoms with Crippen molar-refractivity contribution in [3.8, 4) is 17.1 Å². The zero-order valence-corrected chi connectivity index (χ0v) is 11.9. The number of nitrogens with one attached hydrogen (secondary N) is 1. The zero-order valence-electron chi connectivity index (χ0n) is 11.9. The van der Waals surface area contributed by atoms with Crippen molar-refractivity contribution in [2.24, 2.45) is 0 Å². The summed E-state index contributed by atoms with van der Waals surface area (Å²) in [4.78, 5) is 0. The first-order valence-electron chi connectivity index (χ1n) is 6.87. The maximum atomic E-state index is 5.85. The Labute approximate surface area is 124 Å². The second-order valence-electron chi connectivity index (χ2n) is 4.71. The second-order valence-corrected chi connectivity index (χ2v) is 4.71. The Kier molecular flexibility index (Phi) is 3.92. The molecule has 1 aromatic heterocycles. The third kappa shape index (κ3) is 3.26. The van der Waals surface area contributed by atoms with Crippen molar-refractivity contribution in [3.63, 3.8) is 0 Å². The van der Waals surface area contributed by atoms with Gasteiger partial charge in [0.1, 0.15) is 17.3 Å². The molecule has 0 aliphatic heterocycles. The van der Waals surface area contributed by atoms with Crippen LogP contribution in [0, 0.1) is 0 Å². The minimum atomic E-state index is 0.652. The molecule has 0 atom stereocenters. The van der Waals surface area contributed by atoms with Crippen molar-refractivity contribution in [2.75, 3.05) is 12.4 Å². The maximum Gasteiger partial charge on any atom is 0.134 e. The lowest BCUT2D eigenvalue weighted by Gasteiger charge is -2.05. The largest absolute Gasteiger partial charge is 0.497 e. The van der Waals surface area contributed by atoms with Crippen LogP contribution in [0.15, 0.2) is 71.1 Å². The van der Waals surface area contributed by atoms with E-state index in [4.69, 9.17) is 9.15 Å². The molecule has 0 spiro atoms. The van der Waals surface area contributed by atoms with Gasteiger partial charge in [0.25, 0.3) is 0 Å². The standard InChI is InChI=1S/C18H17NO2/c1-20-16-9-7-15(8-10-16)19-13-17-11-12-18(21-17)14-5-3-2-4-6-14/h2-12,19H,13H2,1H3. The highest BCUT2D eigenvalue weighted by atomic mass is 16.5. The van der Waals surface area contributed by atoms with Gasteiger partial charge in [-0.2, -0.15) is 0 Å². The zero-order chi connectivity index (χ0) is 14.5. The number of ether oxygens (including phenoxy) is 1. The van der Waals surface area contributed by atoms with Gasteiger partial charge < -0.3 is 14.5 Å². The third-order valence-corrected chi connectivity index (χ3v) is 3.28. The first-order valence-corrected chi connectivity index (χ1v) is 6.87. The Balaban J connectivity index is 1.64. The van der Waals surface area contributed by atoms with Gasteiger partial charge in [0.15, 0.2) is 0 Å². The quantitative estimate of drug-likeness (QED) is 0.743. The van der Waals surface area contributed by atoms with Crippen LogP contribution in [0.25, 0.3) is 11.3 Å². The molecule has 2 aromatic carbocycles. The van der Waals surface area contributed by atoms with Gasteiger partial charge in [-0.25, -0.2) is 0 Å². The summed E-state index contributed by atoms with van der Waals surface area (Å²) in [6, 6.07) is 21.9. The smallest absolute Gasteiger partial charge is 0.134 e. The van der Waals surface area contributed by atoms with Crippen LogP contribution in [0.5, 0.6) is 5.75 Å². The van der Waals surface area contributed by atoms with Crippen molar-refractivity contribution in [1.82, 2.24) is 0 Å². The summed E-state index contributed by atoms with van der Waals surface area (Å²) in [5, 5.41) is 3.33. The minimum Gasteiger partial charge on any atom is -0.497 e. The lowest BCUT2D eigenvalue weighted by Crippen LogP contribution is -1.97. The summed E-state index contributed by atoms with van der Waals surface area (Å²) >= 11 is 0. The molecule has 21 heavy (non-hydrogen) atoms. The normalized spacial score (nSPS) is 10.3. The van der Waals surface area contributed by atoms with E-state index in [1.165, 1.54) is 0 Å². The number of benzene rings is 2. The van der Waals surface area contributed by atoms with E-state index in [0.29, 0.717) is 6.54 Å². The molecule has 0 saturated carbocycles. The minimum absolute atomic E-state index is 0.652. The molecular formula is C18H17NO2. The van der Waals surface area contributed by atoms with Crippen LogP contribution in [-0.4, -0.2) is 7.11 Å². The topological polar surface area (TPSA) is 34.4 Å². The maximum absolute atomic E-state index is 5.85. The molecule has 0 unspecified atom stereocenters. The van der Waals surface area contributed by atoms with Gasteiger partial charge in [-0.3, -0.25) is 0 Å². The summed E-state index contributed by atoms with van der Waals surface area (Å²) in [7, 11) is 1.66. The summed E-state index contributed by atoms with van der Waals surface area (Å²) in [6.45, 7) is 0.652. The van der Waals surface area contributed by atoms with Gasteiger partial charge >= 0.3 is 0 Å². The monoisotopic (exact) mass is 279 g/mol. The summed E-state index contributed by atoms with van der Waals surface area (Å²) in [5.74, 6) is 2.65. The second kappa shape index (κ2) is 6.18. The molecule has 0 saturated heterocycles. The van der Waals surface area contributed by atoms with Crippen LogP contribution < -0.4 is 10.1 Å². The van der Waals surface area contributed by atoms with Crippen LogP contribution in [0.1, 0.15) is 5.76 Å². The predicted molar refractivity (Wildman–Crippen MR) is 84.5 cm³/mol. The van der Waals surface area contributed by atoms with Crippen LogP contribution in [0.3, 0.4) is 0 Å². The first-order chi connectivity index (χ1) is 10.3. The fourth-order valence-electron chi connectivity index (χ4n) is 2.13. The molecule has 0 fully saturated rings. The number of rotatable bonds is 5. The lowest BCUT2D eigenvalue weighted by atomic mass is 10.2. The number of furan rings is 1. The Hall–Kier alpha value is -2.68. The molecule has 106 valence electrons. The van der Waals surface area contributed by atoms with Gasteiger partial charge in [-0.05, 0) is 36.4 Å². The van der Waals surface area contributed by atoms with E-state index in [9.17, 15) is 0 Å². The molecule has 0 aliphatic carbocycles. The number of anilines is 1. The van der Waals surface area contributed by atoms with E-state index >= 15 is 0 Å². The molecule has 3 rings (SSSR count). The van der Waals surface area contributed by atoms with Crippen LogP contribution in [0.2, 0.25) is 0 Å². The van der Waals surface area contributed by atoms with Crippen molar-refractivity contribution in [1.29, 1.82) is 0 Å². The van der Waals surface area contributed by atoms with E-state index in [1.807, 2.05) is 66.7 Å². The van der Waals surface area contributed by atoms with E-state index in [0.717, 1.165) is 28.5 Å². The summed E-state index contributed by atoms with van der Waals surface area (Å²) < 4.78 is 11.0. The number of hydrogen-bond donors (Lipinski definition) is 1. The van der Waals surface area contributed by atoms with Crippen molar-refractivity contribution in [2.45, 2.75) is 6.54 Å². The van der Waals surface area contributed by atoms with E-state index in [-0.39, 0.29) is 0 Å². The third-order valence-electron chi connectivity index (χ3n) is 3.28. The average molecular weight is 279 g/mol. The highest BCUT2D eigenvalue weighted by Gasteiger charge is 2.04. The molecule has 0 amide bonds.